The Morgan fingerprint density at radius 3 is 2.60 bits per heavy atom. The lowest BCUT2D eigenvalue weighted by molar-refractivity contribution is 0.639. The fraction of sp³-hybridized carbons (Fsp3) is 0.818. The van der Waals surface area contributed by atoms with Crippen molar-refractivity contribution in [3.8, 4) is 0 Å². The maximum Gasteiger partial charge on any atom is 0.205 e. The first-order valence-electron chi connectivity index (χ1n) is 5.70. The van der Waals surface area contributed by atoms with Crippen LogP contribution in [0.3, 0.4) is 0 Å². The molecule has 0 aliphatic carbocycles. The minimum atomic E-state index is 0.495. The van der Waals surface area contributed by atoms with Crippen LogP contribution in [0, 0.1) is 5.92 Å². The van der Waals surface area contributed by atoms with Crippen LogP contribution >= 0.6 is 11.3 Å². The zero-order valence-electron chi connectivity index (χ0n) is 10.1. The number of nitrogens with zero attached hydrogens (tertiary/aromatic N) is 2. The second-order valence-corrected chi connectivity index (χ2v) is 5.50. The van der Waals surface area contributed by atoms with Crippen molar-refractivity contribution in [1.29, 1.82) is 0 Å². The Labute approximate surface area is 96.3 Å². The molecule has 0 fully saturated rings. The molecule has 0 spiro atoms. The summed E-state index contributed by atoms with van der Waals surface area (Å²) in [5.41, 5.74) is 0. The first-order chi connectivity index (χ1) is 7.11. The minimum Gasteiger partial charge on any atom is -0.358 e. The van der Waals surface area contributed by atoms with Crippen molar-refractivity contribution in [1.82, 2.24) is 10.2 Å². The largest absolute Gasteiger partial charge is 0.358 e. The summed E-state index contributed by atoms with van der Waals surface area (Å²) in [7, 11) is 0. The van der Waals surface area contributed by atoms with E-state index in [1.165, 1.54) is 12.8 Å². The van der Waals surface area contributed by atoms with E-state index in [0.29, 0.717) is 12.0 Å². The lowest BCUT2D eigenvalue weighted by Crippen LogP contribution is -2.14. The molecule has 3 nitrogen and oxygen atoms in total. The van der Waals surface area contributed by atoms with Crippen LogP contribution in [-0.4, -0.2) is 16.2 Å². The molecule has 0 aliphatic heterocycles. The molecule has 0 saturated carbocycles. The molecular weight excluding hydrogens is 206 g/mol. The van der Waals surface area contributed by atoms with Crippen LogP contribution in [0.25, 0.3) is 0 Å². The Morgan fingerprint density at radius 1 is 1.27 bits per heavy atom. The molecule has 0 amide bonds. The lowest BCUT2D eigenvalue weighted by Gasteiger charge is -2.09. The number of anilines is 1. The molecule has 1 heterocycles. The van der Waals surface area contributed by atoms with Gasteiger partial charge in [-0.25, -0.2) is 0 Å². The van der Waals surface area contributed by atoms with Crippen LogP contribution in [0.5, 0.6) is 0 Å². The molecule has 0 saturated heterocycles. The topological polar surface area (TPSA) is 37.8 Å². The number of aromatic nitrogens is 2. The number of hydrogen-bond acceptors (Lipinski definition) is 4. The summed E-state index contributed by atoms with van der Waals surface area (Å²) in [5, 5.41) is 13.8. The average molecular weight is 227 g/mol. The van der Waals surface area contributed by atoms with E-state index in [1.807, 2.05) is 0 Å². The summed E-state index contributed by atoms with van der Waals surface area (Å²) in [5.74, 6) is 0.652. The first-order valence-corrected chi connectivity index (χ1v) is 6.52. The third kappa shape index (κ3) is 4.60. The lowest BCUT2D eigenvalue weighted by atomic mass is 10.1. The van der Waals surface area contributed by atoms with E-state index in [0.717, 1.165) is 16.6 Å². The van der Waals surface area contributed by atoms with Gasteiger partial charge in [-0.15, -0.1) is 10.2 Å². The van der Waals surface area contributed by atoms with Crippen molar-refractivity contribution < 1.29 is 0 Å². The van der Waals surface area contributed by atoms with Crippen LogP contribution < -0.4 is 5.32 Å². The summed E-state index contributed by atoms with van der Waals surface area (Å²) in [4.78, 5) is 0. The van der Waals surface area contributed by atoms with Crippen LogP contribution in [0.1, 0.15) is 45.5 Å². The SMILES string of the molecule is CCCC(C)Nc1nnc(CC(C)C)s1. The molecule has 1 aromatic rings. The zero-order chi connectivity index (χ0) is 11.3. The highest BCUT2D eigenvalue weighted by molar-refractivity contribution is 7.15. The van der Waals surface area contributed by atoms with Gasteiger partial charge in [0.1, 0.15) is 5.01 Å². The van der Waals surface area contributed by atoms with Gasteiger partial charge < -0.3 is 5.32 Å². The Bertz CT molecular complexity index is 283. The monoisotopic (exact) mass is 227 g/mol. The third-order valence-corrected chi connectivity index (χ3v) is 3.02. The van der Waals surface area contributed by atoms with Crippen molar-refractivity contribution in [3.63, 3.8) is 0 Å². The quantitative estimate of drug-likeness (QED) is 0.810. The molecule has 1 atom stereocenters. The average Bonchev–Trinajstić information content (AvgIpc) is 2.51. The molecule has 1 aromatic heterocycles. The highest BCUT2D eigenvalue weighted by Crippen LogP contribution is 2.19. The zero-order valence-corrected chi connectivity index (χ0v) is 10.9. The summed E-state index contributed by atoms with van der Waals surface area (Å²) < 4.78 is 0. The van der Waals surface area contributed by atoms with Crippen molar-refractivity contribution in [2.24, 2.45) is 5.92 Å². The van der Waals surface area contributed by atoms with E-state index in [9.17, 15) is 0 Å². The Balaban J connectivity index is 2.45. The number of nitrogens with one attached hydrogen (secondary N) is 1. The molecule has 0 bridgehead atoms. The summed E-state index contributed by atoms with van der Waals surface area (Å²) in [6.45, 7) is 8.79. The molecule has 1 rings (SSSR count). The summed E-state index contributed by atoms with van der Waals surface area (Å²) in [6, 6.07) is 0.495. The molecule has 86 valence electrons. The molecule has 0 aromatic carbocycles. The fourth-order valence-electron chi connectivity index (χ4n) is 1.46. The van der Waals surface area contributed by atoms with E-state index < -0.39 is 0 Å². The van der Waals surface area contributed by atoms with E-state index in [2.05, 4.69) is 43.2 Å². The van der Waals surface area contributed by atoms with Gasteiger partial charge in [-0.05, 0) is 19.3 Å². The smallest absolute Gasteiger partial charge is 0.205 e. The fourth-order valence-corrected chi connectivity index (χ4v) is 2.52. The highest BCUT2D eigenvalue weighted by atomic mass is 32.1. The molecule has 0 aliphatic rings. The first kappa shape index (κ1) is 12.4. The molecular formula is C11H21N3S. The molecule has 1 unspecified atom stereocenters. The van der Waals surface area contributed by atoms with Crippen LogP contribution in [0.2, 0.25) is 0 Å². The van der Waals surface area contributed by atoms with Crippen molar-refractivity contribution in [2.75, 3.05) is 5.32 Å². The Kier molecular flexibility index (Phi) is 5.02. The van der Waals surface area contributed by atoms with Gasteiger partial charge in [-0.3, -0.25) is 0 Å². The van der Waals surface area contributed by atoms with E-state index in [4.69, 9.17) is 0 Å². The van der Waals surface area contributed by atoms with Gasteiger partial charge in [-0.2, -0.15) is 0 Å². The van der Waals surface area contributed by atoms with Gasteiger partial charge in [0.2, 0.25) is 5.13 Å². The van der Waals surface area contributed by atoms with Crippen molar-refractivity contribution in [2.45, 2.75) is 53.0 Å². The van der Waals surface area contributed by atoms with E-state index in [1.54, 1.807) is 11.3 Å². The standard InChI is InChI=1S/C11H21N3S/c1-5-6-9(4)12-11-14-13-10(15-11)7-8(2)3/h8-9H,5-7H2,1-4H3,(H,12,14). The Morgan fingerprint density at radius 2 is 2.00 bits per heavy atom. The molecule has 0 radical (unpaired) electrons. The predicted octanol–water partition coefficient (Wildman–Crippen LogP) is 3.34. The van der Waals surface area contributed by atoms with E-state index in [-0.39, 0.29) is 0 Å². The predicted molar refractivity (Wildman–Crippen MR) is 66.4 cm³/mol. The van der Waals surface area contributed by atoms with Crippen LogP contribution in [0.4, 0.5) is 5.13 Å². The van der Waals surface area contributed by atoms with Gasteiger partial charge in [0.15, 0.2) is 0 Å². The van der Waals surface area contributed by atoms with Gasteiger partial charge in [-0.1, -0.05) is 38.5 Å². The summed E-state index contributed by atoms with van der Waals surface area (Å²) in [6.07, 6.45) is 3.41. The second-order valence-electron chi connectivity index (χ2n) is 4.43. The van der Waals surface area contributed by atoms with Gasteiger partial charge in [0.25, 0.3) is 0 Å². The minimum absolute atomic E-state index is 0.495. The highest BCUT2D eigenvalue weighted by Gasteiger charge is 2.07. The molecule has 15 heavy (non-hydrogen) atoms. The second kappa shape index (κ2) is 6.05. The summed E-state index contributed by atoms with van der Waals surface area (Å²) >= 11 is 1.68. The maximum atomic E-state index is 4.18. The Hall–Kier alpha value is -0.640. The van der Waals surface area contributed by atoms with Crippen LogP contribution in [0.15, 0.2) is 0 Å². The van der Waals surface area contributed by atoms with Crippen molar-refractivity contribution in [3.05, 3.63) is 5.01 Å². The van der Waals surface area contributed by atoms with Gasteiger partial charge >= 0.3 is 0 Å². The molecule has 1 N–H and O–H groups in total. The number of rotatable bonds is 6. The van der Waals surface area contributed by atoms with Crippen LogP contribution in [-0.2, 0) is 6.42 Å². The van der Waals surface area contributed by atoms with E-state index >= 15 is 0 Å². The molecule has 4 heteroatoms. The normalized spacial score (nSPS) is 13.1. The van der Waals surface area contributed by atoms with Crippen molar-refractivity contribution >= 4 is 16.5 Å². The van der Waals surface area contributed by atoms with Gasteiger partial charge in [0.05, 0.1) is 0 Å². The number of hydrogen-bond donors (Lipinski definition) is 1. The van der Waals surface area contributed by atoms with Gasteiger partial charge in [0, 0.05) is 12.5 Å². The maximum absolute atomic E-state index is 4.18. The third-order valence-electron chi connectivity index (χ3n) is 2.14.